The van der Waals surface area contributed by atoms with Gasteiger partial charge in [-0.15, -0.1) is 5.10 Å². The molecule has 0 spiro atoms. The number of amides is 4. The molecule has 208 valence electrons. The second kappa shape index (κ2) is 12.3. The highest BCUT2D eigenvalue weighted by atomic mass is 32.1. The summed E-state index contributed by atoms with van der Waals surface area (Å²) in [4.78, 5) is 75.4. The average molecular weight is 558 g/mol. The summed E-state index contributed by atoms with van der Waals surface area (Å²) in [7, 11) is 1.31. The van der Waals surface area contributed by atoms with E-state index in [0.29, 0.717) is 17.5 Å². The number of nitrogens with zero attached hydrogens (tertiary/aromatic N) is 3. The van der Waals surface area contributed by atoms with Crippen molar-refractivity contribution in [1.82, 2.24) is 30.1 Å². The normalized spacial score (nSPS) is 20.2. The molecular formula is C25H31N7O6S. The van der Waals surface area contributed by atoms with Crippen molar-refractivity contribution < 1.29 is 24.0 Å². The quantitative estimate of drug-likeness (QED) is 0.282. The molecule has 2 heterocycles. The number of likely N-dealkylation sites (N-methyl/N-ethyl adjacent to an activating group) is 1. The number of rotatable bonds is 11. The molecule has 4 amide bonds. The molecule has 14 heteroatoms. The molecule has 2 aliphatic rings. The van der Waals surface area contributed by atoms with Crippen molar-refractivity contribution >= 4 is 46.6 Å². The number of pyridine rings is 1. The number of aromatic nitrogens is 3. The second-order valence-electron chi connectivity index (χ2n) is 9.95. The summed E-state index contributed by atoms with van der Waals surface area (Å²) in [5, 5.41) is 14.1. The molecule has 13 nitrogen and oxygen atoms in total. The van der Waals surface area contributed by atoms with Crippen LogP contribution in [0, 0.1) is 18.8 Å². The lowest BCUT2D eigenvalue weighted by Crippen LogP contribution is -2.45. The maximum Gasteiger partial charge on any atom is 0.287 e. The highest BCUT2D eigenvalue weighted by Gasteiger charge is 2.40. The van der Waals surface area contributed by atoms with Gasteiger partial charge in [0.2, 0.25) is 17.6 Å². The molecule has 2 unspecified atom stereocenters. The summed E-state index contributed by atoms with van der Waals surface area (Å²) in [6, 6.07) is 1.80. The minimum absolute atomic E-state index is 0.0947. The zero-order valence-electron chi connectivity index (χ0n) is 21.7. The van der Waals surface area contributed by atoms with Gasteiger partial charge < -0.3 is 25.8 Å². The minimum Gasteiger partial charge on any atom is -0.353 e. The van der Waals surface area contributed by atoms with E-state index in [1.165, 1.54) is 36.4 Å². The second-order valence-corrected chi connectivity index (χ2v) is 10.7. The maximum atomic E-state index is 13.2. The van der Waals surface area contributed by atoms with Crippen LogP contribution in [0.4, 0.5) is 5.69 Å². The van der Waals surface area contributed by atoms with Crippen LogP contribution in [0.25, 0.3) is 0 Å². The van der Waals surface area contributed by atoms with Crippen molar-refractivity contribution in [2.45, 2.75) is 64.1 Å². The Kier molecular flexibility index (Phi) is 8.84. The number of fused-ring (bicyclic) bond motifs is 2. The Morgan fingerprint density at radius 3 is 2.62 bits per heavy atom. The number of carbonyl (C=O) groups excluding carboxylic acids is 5. The lowest BCUT2D eigenvalue weighted by Gasteiger charge is -2.23. The van der Waals surface area contributed by atoms with Crippen molar-refractivity contribution in [2.75, 3.05) is 12.4 Å². The molecule has 2 aliphatic carbocycles. The first kappa shape index (κ1) is 28.1. The zero-order chi connectivity index (χ0) is 28.1. The molecule has 2 bridgehead atoms. The van der Waals surface area contributed by atoms with Gasteiger partial charge in [0, 0.05) is 25.7 Å². The van der Waals surface area contributed by atoms with E-state index >= 15 is 0 Å². The molecule has 0 radical (unpaired) electrons. The van der Waals surface area contributed by atoms with Gasteiger partial charge in [0.1, 0.15) is 23.2 Å². The fraction of sp³-hybridized carbons (Fsp3) is 0.520. The molecule has 2 aromatic rings. The Bertz CT molecular complexity index is 1340. The van der Waals surface area contributed by atoms with E-state index < -0.39 is 35.1 Å². The SMILES string of the molecule is CNC(=O)C(=O)CC[C@H](NC(=O)c1snnc1C)C(=O)Nc1cccn(CC(=O)N[C@@H]2CC3CCC2C3)c1=O. The Morgan fingerprint density at radius 2 is 1.97 bits per heavy atom. The van der Waals surface area contributed by atoms with Gasteiger partial charge in [-0.05, 0) is 68.1 Å². The van der Waals surface area contributed by atoms with Crippen LogP contribution in [0.15, 0.2) is 23.1 Å². The van der Waals surface area contributed by atoms with Gasteiger partial charge in [-0.3, -0.25) is 28.8 Å². The molecule has 2 saturated carbocycles. The molecule has 0 aromatic carbocycles. The Balaban J connectivity index is 1.43. The van der Waals surface area contributed by atoms with Crippen molar-refractivity contribution in [3.8, 4) is 0 Å². The Morgan fingerprint density at radius 1 is 1.18 bits per heavy atom. The topological polar surface area (TPSA) is 181 Å². The summed E-state index contributed by atoms with van der Waals surface area (Å²) in [6.07, 6.45) is 5.37. The maximum absolute atomic E-state index is 13.2. The number of carbonyl (C=O) groups is 5. The smallest absolute Gasteiger partial charge is 0.287 e. The molecule has 39 heavy (non-hydrogen) atoms. The molecule has 0 aliphatic heterocycles. The molecule has 4 atom stereocenters. The summed E-state index contributed by atoms with van der Waals surface area (Å²) in [5.74, 6) is -2.08. The van der Waals surface area contributed by atoms with Crippen LogP contribution in [0.3, 0.4) is 0 Å². The monoisotopic (exact) mass is 557 g/mol. The van der Waals surface area contributed by atoms with Gasteiger partial charge in [-0.1, -0.05) is 10.9 Å². The van der Waals surface area contributed by atoms with E-state index in [1.54, 1.807) is 6.92 Å². The third-order valence-electron chi connectivity index (χ3n) is 7.30. The molecule has 0 saturated heterocycles. The fourth-order valence-corrected chi connectivity index (χ4v) is 5.83. The van der Waals surface area contributed by atoms with Crippen LogP contribution < -0.4 is 26.8 Å². The highest BCUT2D eigenvalue weighted by molar-refractivity contribution is 7.08. The summed E-state index contributed by atoms with van der Waals surface area (Å²) in [5.41, 5.74) is -0.321. The van der Waals surface area contributed by atoms with Crippen molar-refractivity contribution in [3.05, 3.63) is 39.3 Å². The van der Waals surface area contributed by atoms with E-state index in [0.717, 1.165) is 30.8 Å². The number of aryl methyl sites for hydroxylation is 1. The number of Topliss-reactive ketones (excluding diaryl/α,β-unsaturated/α-hetero) is 1. The van der Waals surface area contributed by atoms with Crippen molar-refractivity contribution in [1.29, 1.82) is 0 Å². The molecular weight excluding hydrogens is 526 g/mol. The number of hydrogen-bond donors (Lipinski definition) is 4. The predicted octanol–water partition coefficient (Wildman–Crippen LogP) is 0.145. The number of hydrogen-bond acceptors (Lipinski definition) is 9. The largest absolute Gasteiger partial charge is 0.353 e. The van der Waals surface area contributed by atoms with Gasteiger partial charge in [-0.2, -0.15) is 0 Å². The van der Waals surface area contributed by atoms with Crippen LogP contribution in [-0.2, 0) is 25.7 Å². The van der Waals surface area contributed by atoms with E-state index in [1.807, 2.05) is 0 Å². The third-order valence-corrected chi connectivity index (χ3v) is 8.12. The van der Waals surface area contributed by atoms with Crippen molar-refractivity contribution in [2.24, 2.45) is 11.8 Å². The lowest BCUT2D eigenvalue weighted by molar-refractivity contribution is -0.137. The van der Waals surface area contributed by atoms with E-state index in [-0.39, 0.29) is 41.9 Å². The van der Waals surface area contributed by atoms with E-state index in [4.69, 9.17) is 0 Å². The van der Waals surface area contributed by atoms with E-state index in [2.05, 4.69) is 30.9 Å². The van der Waals surface area contributed by atoms with Crippen LogP contribution in [0.2, 0.25) is 0 Å². The molecule has 4 N–H and O–H groups in total. The van der Waals surface area contributed by atoms with Gasteiger partial charge in [-0.25, -0.2) is 0 Å². The Hall–Kier alpha value is -3.94. The number of nitrogens with one attached hydrogen (secondary N) is 4. The van der Waals surface area contributed by atoms with Crippen LogP contribution in [0.1, 0.15) is 53.9 Å². The first-order valence-corrected chi connectivity index (χ1v) is 13.6. The van der Waals surface area contributed by atoms with Crippen LogP contribution >= 0.6 is 11.5 Å². The molecule has 2 fully saturated rings. The van der Waals surface area contributed by atoms with Gasteiger partial charge >= 0.3 is 0 Å². The number of ketones is 1. The summed E-state index contributed by atoms with van der Waals surface area (Å²) < 4.78 is 4.91. The van der Waals surface area contributed by atoms with Gasteiger partial charge in [0.15, 0.2) is 0 Å². The molecule has 4 rings (SSSR count). The van der Waals surface area contributed by atoms with Crippen LogP contribution in [-0.4, -0.2) is 62.7 Å². The first-order valence-electron chi connectivity index (χ1n) is 12.8. The predicted molar refractivity (Wildman–Crippen MR) is 141 cm³/mol. The standard InChI is InChI=1S/C25H31N7O6S/c1-13-21(39-31-30-13)24(37)28-16(7-8-19(33)23(36)26-2)22(35)29-17-4-3-9-32(25(17)38)12-20(34)27-18-11-14-5-6-15(18)10-14/h3-4,9,14-16,18H,5-8,10-12H2,1-2H3,(H,26,36)(H,27,34)(H,28,37)(H,29,35)/t14?,15?,16-,18+/m0/s1. The first-order chi connectivity index (χ1) is 18.7. The van der Waals surface area contributed by atoms with Gasteiger partial charge in [0.25, 0.3) is 17.4 Å². The van der Waals surface area contributed by atoms with E-state index in [9.17, 15) is 28.8 Å². The molecule has 2 aromatic heterocycles. The average Bonchev–Trinajstić information content (AvgIpc) is 3.65. The Labute approximate surface area is 228 Å². The van der Waals surface area contributed by atoms with Crippen LogP contribution in [0.5, 0.6) is 0 Å². The lowest BCUT2D eigenvalue weighted by atomic mass is 9.95. The fourth-order valence-electron chi connectivity index (χ4n) is 5.27. The summed E-state index contributed by atoms with van der Waals surface area (Å²) >= 11 is 0.846. The third kappa shape index (κ3) is 6.74. The van der Waals surface area contributed by atoms with Crippen molar-refractivity contribution in [3.63, 3.8) is 0 Å². The minimum atomic E-state index is -1.25. The van der Waals surface area contributed by atoms with Gasteiger partial charge in [0.05, 0.1) is 5.69 Å². The number of anilines is 1. The summed E-state index contributed by atoms with van der Waals surface area (Å²) in [6.45, 7) is 1.39. The highest BCUT2D eigenvalue weighted by Crippen LogP contribution is 2.44. The zero-order valence-corrected chi connectivity index (χ0v) is 22.5.